The molecule has 6 heteroatoms. The second-order valence-electron chi connectivity index (χ2n) is 4.36. The molecule has 0 saturated carbocycles. The minimum atomic E-state index is -0.648. The van der Waals surface area contributed by atoms with Gasteiger partial charge in [-0.05, 0) is 30.7 Å². The number of carbonyl (C=O) groups is 1. The van der Waals surface area contributed by atoms with E-state index in [4.69, 9.17) is 9.47 Å². The van der Waals surface area contributed by atoms with Crippen LogP contribution >= 0.6 is 0 Å². The third kappa shape index (κ3) is 3.66. The first-order valence-electron chi connectivity index (χ1n) is 6.74. The number of hydrogen-bond donors (Lipinski definition) is 1. The van der Waals surface area contributed by atoms with Gasteiger partial charge in [-0.1, -0.05) is 12.1 Å². The molecule has 0 aliphatic carbocycles. The Bertz CT molecular complexity index is 646. The number of rotatable bonds is 5. The summed E-state index contributed by atoms with van der Waals surface area (Å²) in [4.78, 5) is 15.6. The molecule has 0 radical (unpaired) electrons. The van der Waals surface area contributed by atoms with Gasteiger partial charge in [0.25, 0.3) is 0 Å². The van der Waals surface area contributed by atoms with Crippen LogP contribution in [-0.2, 0) is 9.53 Å². The van der Waals surface area contributed by atoms with E-state index in [0.29, 0.717) is 18.0 Å². The molecule has 1 aliphatic heterocycles. The average Bonchev–Trinajstić information content (AvgIpc) is 3.00. The Kier molecular flexibility index (Phi) is 5.19. The number of ether oxygens (including phenoxy) is 3. The van der Waals surface area contributed by atoms with Crippen LogP contribution in [0.3, 0.4) is 0 Å². The molecule has 0 amide bonds. The number of hydrogen-bond acceptors (Lipinski definition) is 6. The lowest BCUT2D eigenvalue weighted by Gasteiger charge is -2.02. The van der Waals surface area contributed by atoms with Crippen LogP contribution in [0.1, 0.15) is 12.5 Å². The maximum Gasteiger partial charge on any atom is 0.343 e. The number of benzene rings is 1. The molecule has 0 saturated heterocycles. The zero-order valence-electron chi connectivity index (χ0n) is 12.4. The van der Waals surface area contributed by atoms with Crippen LogP contribution in [0.25, 0.3) is 6.08 Å². The molecule has 1 aromatic carbocycles. The normalized spacial score (nSPS) is 14.5. The first-order chi connectivity index (χ1) is 10.7. The zero-order chi connectivity index (χ0) is 15.9. The molecule has 0 spiro atoms. The lowest BCUT2D eigenvalue weighted by atomic mass is 10.1. The summed E-state index contributed by atoms with van der Waals surface area (Å²) in [6.45, 7) is 2.53. The van der Waals surface area contributed by atoms with Crippen LogP contribution in [0.5, 0.6) is 11.5 Å². The quantitative estimate of drug-likeness (QED) is 0.297. The van der Waals surface area contributed by atoms with Crippen LogP contribution in [0.4, 0.5) is 0 Å². The van der Waals surface area contributed by atoms with Crippen LogP contribution < -0.4 is 9.47 Å². The highest BCUT2D eigenvalue weighted by molar-refractivity contribution is 6.10. The summed E-state index contributed by atoms with van der Waals surface area (Å²) in [6.07, 6.45) is 4.36. The Morgan fingerprint density at radius 3 is 2.91 bits per heavy atom. The number of nitrogens with zero attached hydrogens (tertiary/aromatic N) is 1. The van der Waals surface area contributed by atoms with Gasteiger partial charge >= 0.3 is 5.97 Å². The van der Waals surface area contributed by atoms with Crippen molar-refractivity contribution in [3.63, 3.8) is 0 Å². The van der Waals surface area contributed by atoms with Crippen molar-refractivity contribution in [2.75, 3.05) is 20.4 Å². The van der Waals surface area contributed by atoms with Gasteiger partial charge in [-0.15, -0.1) is 0 Å². The van der Waals surface area contributed by atoms with Gasteiger partial charge in [0.2, 0.25) is 6.79 Å². The smallest absolute Gasteiger partial charge is 0.343 e. The molecule has 6 nitrogen and oxygen atoms in total. The Morgan fingerprint density at radius 1 is 1.41 bits per heavy atom. The lowest BCUT2D eigenvalue weighted by molar-refractivity contribution is -0.135. The summed E-state index contributed by atoms with van der Waals surface area (Å²) in [5.41, 5.74) is 0.800. The van der Waals surface area contributed by atoms with Gasteiger partial charge in [-0.25, -0.2) is 4.79 Å². The largest absolute Gasteiger partial charge is 0.507 e. The SMILES string of the molecule is CCN=C/C(C(=O)OC)=C(\O)C=Cc1ccc2c(c1)OCO2. The first kappa shape index (κ1) is 15.6. The minimum absolute atomic E-state index is 0.00124. The lowest BCUT2D eigenvalue weighted by Crippen LogP contribution is -2.08. The predicted molar refractivity (Wildman–Crippen MR) is 82.3 cm³/mol. The number of aliphatic hydroxyl groups excluding tert-OH is 1. The summed E-state index contributed by atoms with van der Waals surface area (Å²) in [7, 11) is 1.25. The fraction of sp³-hybridized carbons (Fsp3) is 0.250. The Labute approximate surface area is 128 Å². The highest BCUT2D eigenvalue weighted by atomic mass is 16.7. The van der Waals surface area contributed by atoms with Crippen LogP contribution in [0.15, 0.2) is 40.6 Å². The number of aliphatic hydroxyl groups is 1. The molecule has 0 atom stereocenters. The topological polar surface area (TPSA) is 77.4 Å². The van der Waals surface area contributed by atoms with Crippen molar-refractivity contribution in [3.8, 4) is 11.5 Å². The van der Waals surface area contributed by atoms with Crippen LogP contribution in [0, 0.1) is 0 Å². The third-order valence-corrected chi connectivity index (χ3v) is 2.91. The second kappa shape index (κ2) is 7.31. The van der Waals surface area contributed by atoms with Crippen molar-refractivity contribution in [3.05, 3.63) is 41.2 Å². The predicted octanol–water partition coefficient (Wildman–Crippen LogP) is 2.50. The summed E-state index contributed by atoms with van der Waals surface area (Å²) in [6, 6.07) is 5.38. The third-order valence-electron chi connectivity index (χ3n) is 2.91. The summed E-state index contributed by atoms with van der Waals surface area (Å²) in [5.74, 6) is 0.459. The standard InChI is InChI=1S/C16H17NO5/c1-3-17-9-12(16(19)20-2)13(18)6-4-11-5-7-14-15(8-11)22-10-21-14/h4-9,18H,3,10H2,1-2H3/b6-4?,13-12+,17-9?. The molecule has 1 aliphatic rings. The molecule has 0 bridgehead atoms. The van der Waals surface area contributed by atoms with Crippen molar-refractivity contribution in [2.45, 2.75) is 6.92 Å². The van der Waals surface area contributed by atoms with E-state index in [0.717, 1.165) is 5.56 Å². The number of esters is 1. The van der Waals surface area contributed by atoms with E-state index in [1.54, 1.807) is 18.2 Å². The number of allylic oxidation sites excluding steroid dienone is 1. The van der Waals surface area contributed by atoms with E-state index in [9.17, 15) is 9.90 Å². The number of methoxy groups -OCH3 is 1. The molecule has 1 heterocycles. The first-order valence-corrected chi connectivity index (χ1v) is 6.74. The van der Waals surface area contributed by atoms with E-state index in [1.807, 2.05) is 13.0 Å². The minimum Gasteiger partial charge on any atom is -0.507 e. The van der Waals surface area contributed by atoms with E-state index in [-0.39, 0.29) is 18.1 Å². The molecular formula is C16H17NO5. The van der Waals surface area contributed by atoms with Crippen LogP contribution in [0.2, 0.25) is 0 Å². The maximum absolute atomic E-state index is 11.6. The van der Waals surface area contributed by atoms with Gasteiger partial charge in [-0.3, -0.25) is 4.99 Å². The fourth-order valence-corrected chi connectivity index (χ4v) is 1.80. The molecule has 0 unspecified atom stereocenters. The van der Waals surface area contributed by atoms with Gasteiger partial charge in [0.1, 0.15) is 11.3 Å². The number of aliphatic imine (C=N–C) groups is 1. The molecule has 116 valence electrons. The van der Waals surface area contributed by atoms with Crippen LogP contribution in [-0.4, -0.2) is 37.7 Å². The van der Waals surface area contributed by atoms with Crippen molar-refractivity contribution in [1.29, 1.82) is 0 Å². The molecule has 2 rings (SSSR count). The van der Waals surface area contributed by atoms with Crippen molar-refractivity contribution in [1.82, 2.24) is 0 Å². The van der Waals surface area contributed by atoms with Gasteiger partial charge in [-0.2, -0.15) is 0 Å². The van der Waals surface area contributed by atoms with Crippen molar-refractivity contribution < 1.29 is 24.1 Å². The zero-order valence-corrected chi connectivity index (χ0v) is 12.4. The Morgan fingerprint density at radius 2 is 2.18 bits per heavy atom. The second-order valence-corrected chi connectivity index (χ2v) is 4.36. The monoisotopic (exact) mass is 303 g/mol. The summed E-state index contributed by atoms with van der Waals surface area (Å²) < 4.78 is 15.1. The Balaban J connectivity index is 2.23. The molecule has 22 heavy (non-hydrogen) atoms. The fourth-order valence-electron chi connectivity index (χ4n) is 1.80. The highest BCUT2D eigenvalue weighted by Crippen LogP contribution is 2.32. The van der Waals surface area contributed by atoms with Gasteiger partial charge in [0.15, 0.2) is 11.5 Å². The Hall–Kier alpha value is -2.76. The van der Waals surface area contributed by atoms with Gasteiger partial charge in [0.05, 0.1) is 7.11 Å². The van der Waals surface area contributed by atoms with E-state index in [2.05, 4.69) is 9.73 Å². The molecular weight excluding hydrogens is 286 g/mol. The summed E-state index contributed by atoms with van der Waals surface area (Å²) >= 11 is 0. The molecule has 1 N–H and O–H groups in total. The number of carbonyl (C=O) groups excluding carboxylic acids is 1. The molecule has 0 aromatic heterocycles. The number of fused-ring (bicyclic) bond motifs is 1. The molecule has 0 fully saturated rings. The maximum atomic E-state index is 11.6. The van der Waals surface area contributed by atoms with E-state index < -0.39 is 5.97 Å². The van der Waals surface area contributed by atoms with Crippen molar-refractivity contribution in [2.24, 2.45) is 4.99 Å². The molecule has 1 aromatic rings. The summed E-state index contributed by atoms with van der Waals surface area (Å²) in [5, 5.41) is 10.0. The van der Waals surface area contributed by atoms with E-state index >= 15 is 0 Å². The van der Waals surface area contributed by atoms with Gasteiger partial charge in [0, 0.05) is 12.8 Å². The average molecular weight is 303 g/mol. The van der Waals surface area contributed by atoms with Gasteiger partial charge < -0.3 is 19.3 Å². The highest BCUT2D eigenvalue weighted by Gasteiger charge is 2.13. The van der Waals surface area contributed by atoms with E-state index in [1.165, 1.54) is 19.4 Å². The van der Waals surface area contributed by atoms with Crippen molar-refractivity contribution >= 4 is 18.3 Å².